The maximum absolute atomic E-state index is 13.4. The second kappa shape index (κ2) is 9.17. The van der Waals surface area contributed by atoms with Crippen LogP contribution in [0.4, 0.5) is 0 Å². The van der Waals surface area contributed by atoms with Gasteiger partial charge in [-0.2, -0.15) is 11.1 Å². The number of nitrogens with two attached hydrogens (primary N) is 2. The van der Waals surface area contributed by atoms with Gasteiger partial charge in [0.15, 0.2) is 0 Å². The summed E-state index contributed by atoms with van der Waals surface area (Å²) in [5.41, 5.74) is 19.1. The van der Waals surface area contributed by atoms with Gasteiger partial charge in [0.2, 0.25) is 20.0 Å². The molecular formula is C19H26N10O4S2. The third-order valence-corrected chi connectivity index (χ3v) is 8.65. The molecule has 0 unspecified atom stereocenters. The van der Waals surface area contributed by atoms with Gasteiger partial charge in [-0.15, -0.1) is 0 Å². The van der Waals surface area contributed by atoms with Crippen molar-refractivity contribution in [2.75, 3.05) is 13.1 Å². The minimum Gasteiger partial charge on any atom is -0.341 e. The first-order valence-electron chi connectivity index (χ1n) is 10.8. The van der Waals surface area contributed by atoms with E-state index < -0.39 is 36.0 Å². The number of nitrogens with zero attached hydrogens (tertiary/aromatic N) is 1. The normalized spacial score (nSPS) is 19.7. The van der Waals surface area contributed by atoms with Gasteiger partial charge in [0.25, 0.3) is 0 Å². The number of hydrogen-bond acceptors (Lipinski definition) is 11. The molecule has 14 nitrogen and oxygen atoms in total. The molecule has 2 aliphatic heterocycles. The van der Waals surface area contributed by atoms with Crippen LogP contribution in [0.2, 0.25) is 0 Å². The fourth-order valence-electron chi connectivity index (χ4n) is 4.44. The molecule has 2 aliphatic rings. The first-order chi connectivity index (χ1) is 16.7. The quantitative estimate of drug-likeness (QED) is 0.167. The summed E-state index contributed by atoms with van der Waals surface area (Å²) < 4.78 is 55.2. The molecule has 0 radical (unpaired) electrons. The Balaban J connectivity index is 1.78. The van der Waals surface area contributed by atoms with Crippen LogP contribution in [0.3, 0.4) is 0 Å². The van der Waals surface area contributed by atoms with Gasteiger partial charge in [-0.25, -0.2) is 42.5 Å². The molecule has 188 valence electrons. The van der Waals surface area contributed by atoms with Gasteiger partial charge in [0, 0.05) is 23.7 Å². The van der Waals surface area contributed by atoms with E-state index in [-0.39, 0.29) is 18.2 Å². The van der Waals surface area contributed by atoms with Crippen LogP contribution in [-0.4, -0.2) is 45.9 Å². The van der Waals surface area contributed by atoms with Gasteiger partial charge < -0.3 is 16.0 Å². The second-order valence-electron chi connectivity index (χ2n) is 8.27. The summed E-state index contributed by atoms with van der Waals surface area (Å²) in [5, 5.41) is 8.73. The Hall–Kier alpha value is -2.51. The summed E-state index contributed by atoms with van der Waals surface area (Å²) >= 11 is 0. The minimum atomic E-state index is -4.52. The van der Waals surface area contributed by atoms with Crippen molar-refractivity contribution in [1.29, 1.82) is 0 Å². The Morgan fingerprint density at radius 3 is 2.49 bits per heavy atom. The molecule has 2 saturated heterocycles. The average Bonchev–Trinajstić information content (AvgIpc) is 3.58. The molecule has 3 aromatic rings. The molecule has 3 heterocycles. The van der Waals surface area contributed by atoms with Crippen molar-refractivity contribution in [3.63, 3.8) is 0 Å². The Morgan fingerprint density at radius 1 is 1.06 bits per heavy atom. The van der Waals surface area contributed by atoms with E-state index in [1.807, 2.05) is 6.07 Å². The molecule has 1 atom stereocenters. The minimum absolute atomic E-state index is 0.113. The summed E-state index contributed by atoms with van der Waals surface area (Å²) in [6, 6.07) is 7.81. The molecular weight excluding hydrogens is 496 g/mol. The highest BCUT2D eigenvalue weighted by atomic mass is 32.2. The number of hydrogen-bond donors (Lipinski definition) is 9. The number of benzene rings is 2. The molecule has 0 aliphatic carbocycles. The van der Waals surface area contributed by atoms with Crippen molar-refractivity contribution in [2.24, 2.45) is 10.9 Å². The maximum atomic E-state index is 13.4. The number of aromatic amines is 1. The lowest BCUT2D eigenvalue weighted by atomic mass is 9.96. The number of fused-ring (bicyclic) bond motifs is 1. The molecule has 2 aromatic carbocycles. The van der Waals surface area contributed by atoms with E-state index in [2.05, 4.69) is 41.9 Å². The molecule has 0 spiro atoms. The zero-order valence-electron chi connectivity index (χ0n) is 18.4. The van der Waals surface area contributed by atoms with E-state index in [9.17, 15) is 16.8 Å². The topological polar surface area (TPSA) is 221 Å². The van der Waals surface area contributed by atoms with Crippen LogP contribution in [0, 0.1) is 0 Å². The van der Waals surface area contributed by atoms with Crippen molar-refractivity contribution in [1.82, 2.24) is 41.9 Å². The number of para-hydroxylation sites is 1. The van der Waals surface area contributed by atoms with E-state index in [0.717, 1.165) is 0 Å². The molecule has 2 fully saturated rings. The number of H-pyrrole nitrogens is 1. The summed E-state index contributed by atoms with van der Waals surface area (Å²) in [6.45, 7) is 1.28. The van der Waals surface area contributed by atoms with Crippen molar-refractivity contribution >= 4 is 31.1 Å². The molecule has 35 heavy (non-hydrogen) atoms. The van der Waals surface area contributed by atoms with Gasteiger partial charge in [-0.05, 0) is 30.7 Å². The van der Waals surface area contributed by atoms with Crippen LogP contribution in [0.5, 0.6) is 0 Å². The number of primary sulfonamides is 1. The third kappa shape index (κ3) is 4.56. The Kier molecular flexibility index (Phi) is 6.34. The highest BCUT2D eigenvalue weighted by Crippen LogP contribution is 2.39. The molecule has 0 amide bonds. The largest absolute Gasteiger partial charge is 0.341 e. The summed E-state index contributed by atoms with van der Waals surface area (Å²) in [5.74, 6) is 0.551. The first kappa shape index (κ1) is 24.2. The van der Waals surface area contributed by atoms with Crippen molar-refractivity contribution in [3.05, 3.63) is 41.7 Å². The predicted octanol–water partition coefficient (Wildman–Crippen LogP) is -1.91. The smallest absolute Gasteiger partial charge is 0.242 e. The number of aromatic nitrogens is 2. The van der Waals surface area contributed by atoms with Crippen molar-refractivity contribution in [3.8, 4) is 11.1 Å². The molecule has 5 rings (SSSR count). The van der Waals surface area contributed by atoms with Crippen LogP contribution in [0.15, 0.2) is 40.1 Å². The number of hydrazine groups is 3. The maximum Gasteiger partial charge on any atom is 0.242 e. The van der Waals surface area contributed by atoms with Gasteiger partial charge >= 0.3 is 0 Å². The average molecular weight is 523 g/mol. The highest BCUT2D eigenvalue weighted by Gasteiger charge is 2.35. The SMILES string of the molecule is NCc1nc2c(-c3ccc(S(=O)(=O)N[C@@H]4CCNC4)c(S(N)(=O)=O)c3C3NNNN3)cccc2[nH]1. The van der Waals surface area contributed by atoms with Gasteiger partial charge in [-0.1, -0.05) is 18.2 Å². The first-order valence-corrected chi connectivity index (χ1v) is 13.8. The van der Waals surface area contributed by atoms with Crippen LogP contribution in [0.25, 0.3) is 22.2 Å². The van der Waals surface area contributed by atoms with Crippen LogP contribution < -0.4 is 42.8 Å². The second-order valence-corrected chi connectivity index (χ2v) is 11.5. The van der Waals surface area contributed by atoms with E-state index in [4.69, 9.17) is 10.9 Å². The third-order valence-electron chi connectivity index (χ3n) is 5.95. The molecule has 0 bridgehead atoms. The number of rotatable bonds is 7. The van der Waals surface area contributed by atoms with Crippen LogP contribution in [0.1, 0.15) is 24.0 Å². The van der Waals surface area contributed by atoms with Crippen molar-refractivity contribution < 1.29 is 16.8 Å². The molecule has 16 heteroatoms. The number of sulfonamides is 2. The molecule has 11 N–H and O–H groups in total. The fourth-order valence-corrected chi connectivity index (χ4v) is 7.37. The van der Waals surface area contributed by atoms with E-state index in [0.29, 0.717) is 47.5 Å². The summed E-state index contributed by atoms with van der Waals surface area (Å²) in [7, 11) is -8.75. The Morgan fingerprint density at radius 2 is 1.83 bits per heavy atom. The summed E-state index contributed by atoms with van der Waals surface area (Å²) in [6.07, 6.45) is -0.274. The summed E-state index contributed by atoms with van der Waals surface area (Å²) in [4.78, 5) is 6.70. The van der Waals surface area contributed by atoms with Crippen LogP contribution >= 0.6 is 0 Å². The zero-order chi connectivity index (χ0) is 24.8. The standard InChI is InChI=1S/C19H26N10O4S2/c20-8-15-23-13-3-1-2-12(17(13)24-15)11-4-5-14(35(32,33)27-10-6-7-22-9-10)18(34(21,30)31)16(11)19-25-28-29-26-19/h1-5,10,19,22,25-29H,6-9,20H2,(H,23,24)(H2,21,30,31)/t10-/m1/s1. The van der Waals surface area contributed by atoms with Gasteiger partial charge in [0.05, 0.1) is 17.6 Å². The monoisotopic (exact) mass is 522 g/mol. The van der Waals surface area contributed by atoms with Gasteiger partial charge in [-0.3, -0.25) is 0 Å². The lowest BCUT2D eigenvalue weighted by Crippen LogP contribution is -2.38. The van der Waals surface area contributed by atoms with E-state index in [1.54, 1.807) is 18.2 Å². The van der Waals surface area contributed by atoms with Crippen molar-refractivity contribution in [2.45, 2.75) is 35.0 Å². The highest BCUT2D eigenvalue weighted by molar-refractivity contribution is 7.92. The Labute approximate surface area is 201 Å². The fraction of sp³-hybridized carbons (Fsp3) is 0.316. The van der Waals surface area contributed by atoms with Crippen LogP contribution in [-0.2, 0) is 26.6 Å². The van der Waals surface area contributed by atoms with Gasteiger partial charge in [0.1, 0.15) is 21.8 Å². The molecule has 1 aromatic heterocycles. The van der Waals surface area contributed by atoms with E-state index in [1.165, 1.54) is 6.07 Å². The number of imidazole rings is 1. The molecule has 0 saturated carbocycles. The predicted molar refractivity (Wildman–Crippen MR) is 128 cm³/mol. The lowest BCUT2D eigenvalue weighted by molar-refractivity contribution is 0.530. The lowest BCUT2D eigenvalue weighted by Gasteiger charge is -2.22. The Bertz CT molecular complexity index is 1480. The van der Waals surface area contributed by atoms with E-state index >= 15 is 0 Å². The zero-order valence-corrected chi connectivity index (χ0v) is 20.1. The number of nitrogens with one attached hydrogen (secondary N) is 7.